The van der Waals surface area contributed by atoms with Crippen molar-refractivity contribution in [3.05, 3.63) is 88.1 Å². The predicted octanol–water partition coefficient (Wildman–Crippen LogP) is 4.92. The van der Waals surface area contributed by atoms with Crippen molar-refractivity contribution >= 4 is 29.2 Å². The molecule has 2 aromatic carbocycles. The van der Waals surface area contributed by atoms with Crippen LogP contribution in [-0.4, -0.2) is 69.2 Å². The van der Waals surface area contributed by atoms with Gasteiger partial charge in [0.25, 0.3) is 0 Å². The lowest BCUT2D eigenvalue weighted by Gasteiger charge is -2.27. The third kappa shape index (κ3) is 9.04. The fourth-order valence-electron chi connectivity index (χ4n) is 3.95. The summed E-state index contributed by atoms with van der Waals surface area (Å²) in [5, 5.41) is 2.00. The van der Waals surface area contributed by atoms with Crippen molar-refractivity contribution in [3.63, 3.8) is 0 Å². The third-order valence-electron chi connectivity index (χ3n) is 6.03. The number of carbonyl (C=O) groups is 2. The van der Waals surface area contributed by atoms with Crippen LogP contribution < -0.4 is 9.47 Å². The zero-order valence-corrected chi connectivity index (χ0v) is 23.1. The van der Waals surface area contributed by atoms with Crippen LogP contribution in [-0.2, 0) is 27.3 Å². The molecule has 1 aromatic heterocycles. The third-order valence-corrected chi connectivity index (χ3v) is 6.89. The monoisotopic (exact) mass is 536 g/mol. The van der Waals surface area contributed by atoms with Crippen LogP contribution in [0.2, 0.25) is 0 Å². The Morgan fingerprint density at radius 1 is 0.895 bits per heavy atom. The number of ether oxygens (including phenoxy) is 3. The zero-order chi connectivity index (χ0) is 27.2. The fraction of sp³-hybridized carbons (Fsp3) is 0.333. The van der Waals surface area contributed by atoms with Crippen molar-refractivity contribution in [2.45, 2.75) is 19.4 Å². The summed E-state index contributed by atoms with van der Waals surface area (Å²) in [6.07, 6.45) is 4.59. The first kappa shape index (κ1) is 28.9. The molecule has 8 heteroatoms. The summed E-state index contributed by atoms with van der Waals surface area (Å²) in [4.78, 5) is 31.2. The van der Waals surface area contributed by atoms with Crippen molar-refractivity contribution < 1.29 is 23.8 Å². The summed E-state index contributed by atoms with van der Waals surface area (Å²) in [7, 11) is 4.84. The summed E-state index contributed by atoms with van der Waals surface area (Å²) >= 11 is 1.61. The highest BCUT2D eigenvalue weighted by Crippen LogP contribution is 2.28. The maximum absolute atomic E-state index is 13.6. The van der Waals surface area contributed by atoms with E-state index in [1.165, 1.54) is 6.08 Å². The molecule has 0 spiro atoms. The van der Waals surface area contributed by atoms with Crippen molar-refractivity contribution in [2.24, 2.45) is 0 Å². The summed E-state index contributed by atoms with van der Waals surface area (Å²) in [6.45, 7) is 1.94. The number of nitrogens with zero attached hydrogens (tertiary/aromatic N) is 2. The van der Waals surface area contributed by atoms with Crippen molar-refractivity contribution in [2.75, 3.05) is 47.6 Å². The Morgan fingerprint density at radius 3 is 2.37 bits per heavy atom. The molecule has 202 valence electrons. The number of amides is 2. The Kier molecular flexibility index (Phi) is 11.9. The highest BCUT2D eigenvalue weighted by molar-refractivity contribution is 7.09. The second-order valence-corrected chi connectivity index (χ2v) is 9.72. The first-order valence-corrected chi connectivity index (χ1v) is 13.4. The highest BCUT2D eigenvalue weighted by Gasteiger charge is 2.21. The van der Waals surface area contributed by atoms with E-state index in [0.29, 0.717) is 50.6 Å². The van der Waals surface area contributed by atoms with Crippen LogP contribution >= 0.6 is 11.3 Å². The van der Waals surface area contributed by atoms with Gasteiger partial charge in [0.1, 0.15) is 6.54 Å². The molecular formula is C30H36N2O5S. The molecule has 0 saturated heterocycles. The lowest BCUT2D eigenvalue weighted by Crippen LogP contribution is -2.43. The van der Waals surface area contributed by atoms with Gasteiger partial charge in [0.2, 0.25) is 11.8 Å². The zero-order valence-electron chi connectivity index (χ0n) is 22.3. The van der Waals surface area contributed by atoms with Crippen LogP contribution in [0.5, 0.6) is 11.5 Å². The van der Waals surface area contributed by atoms with Crippen LogP contribution in [0.1, 0.15) is 22.4 Å². The van der Waals surface area contributed by atoms with Crippen LogP contribution in [0.15, 0.2) is 72.1 Å². The van der Waals surface area contributed by atoms with E-state index in [0.717, 1.165) is 16.0 Å². The Hall–Kier alpha value is -3.62. The molecule has 0 aliphatic heterocycles. The maximum Gasteiger partial charge on any atom is 0.247 e. The maximum atomic E-state index is 13.6. The molecule has 0 unspecified atom stereocenters. The minimum absolute atomic E-state index is 0.00101. The minimum Gasteiger partial charge on any atom is -0.493 e. The van der Waals surface area contributed by atoms with E-state index >= 15 is 0 Å². The topological polar surface area (TPSA) is 68.3 Å². The van der Waals surface area contributed by atoms with Crippen molar-refractivity contribution in [3.8, 4) is 11.5 Å². The lowest BCUT2D eigenvalue weighted by molar-refractivity contribution is -0.138. The first-order chi connectivity index (χ1) is 18.5. The van der Waals surface area contributed by atoms with E-state index in [4.69, 9.17) is 14.2 Å². The number of methoxy groups -OCH3 is 3. The predicted molar refractivity (Wildman–Crippen MR) is 152 cm³/mol. The number of thiophene rings is 1. The second-order valence-electron chi connectivity index (χ2n) is 8.68. The average molecular weight is 537 g/mol. The lowest BCUT2D eigenvalue weighted by atomic mass is 10.1. The van der Waals surface area contributed by atoms with Gasteiger partial charge in [0.15, 0.2) is 11.5 Å². The molecule has 0 radical (unpaired) electrons. The van der Waals surface area contributed by atoms with E-state index < -0.39 is 0 Å². The molecule has 0 atom stereocenters. The van der Waals surface area contributed by atoms with Gasteiger partial charge in [-0.3, -0.25) is 9.59 Å². The van der Waals surface area contributed by atoms with Gasteiger partial charge in [-0.1, -0.05) is 42.5 Å². The quantitative estimate of drug-likeness (QED) is 0.204. The SMILES string of the molecule is COCCCN(CC(=O)N(CCc1ccc(OC)c(OC)c1)Cc1cccs1)C(=O)/C=C/c1ccccc1. The molecule has 1 heterocycles. The molecule has 0 fully saturated rings. The number of rotatable bonds is 15. The molecule has 2 amide bonds. The van der Waals surface area contributed by atoms with Gasteiger partial charge in [-0.15, -0.1) is 11.3 Å². The van der Waals surface area contributed by atoms with Crippen LogP contribution in [0.4, 0.5) is 0 Å². The van der Waals surface area contributed by atoms with Gasteiger partial charge in [-0.2, -0.15) is 0 Å². The standard InChI is InChI=1S/C30H36N2O5S/c1-35-19-8-17-31(29(33)15-13-24-9-5-4-6-10-24)23-30(34)32(22-26-11-7-20-38-26)18-16-25-12-14-27(36-2)28(21-25)37-3/h4-7,9-15,20-21H,8,16-19,22-23H2,1-3H3/b15-13+. The van der Waals surface area contributed by atoms with E-state index in [2.05, 4.69) is 0 Å². The number of carbonyl (C=O) groups excluding carboxylic acids is 2. The second kappa shape index (κ2) is 15.6. The molecule has 3 rings (SSSR count). The van der Waals surface area contributed by atoms with Crippen LogP contribution in [0, 0.1) is 0 Å². The van der Waals surface area contributed by atoms with Gasteiger partial charge in [-0.25, -0.2) is 0 Å². The first-order valence-electron chi connectivity index (χ1n) is 12.6. The summed E-state index contributed by atoms with van der Waals surface area (Å²) < 4.78 is 15.9. The highest BCUT2D eigenvalue weighted by atomic mass is 32.1. The summed E-state index contributed by atoms with van der Waals surface area (Å²) in [5.41, 5.74) is 1.96. The number of hydrogen-bond donors (Lipinski definition) is 0. The molecule has 7 nitrogen and oxygen atoms in total. The van der Waals surface area contributed by atoms with E-state index in [1.807, 2.05) is 70.9 Å². The molecule has 0 aliphatic rings. The summed E-state index contributed by atoms with van der Waals surface area (Å²) in [6, 6.07) is 19.4. The van der Waals surface area contributed by atoms with Gasteiger partial charge < -0.3 is 24.0 Å². The molecule has 3 aromatic rings. The molecule has 38 heavy (non-hydrogen) atoms. The van der Waals surface area contributed by atoms with Gasteiger partial charge in [0, 0.05) is 37.8 Å². The van der Waals surface area contributed by atoms with Gasteiger partial charge in [-0.05, 0) is 53.6 Å². The van der Waals surface area contributed by atoms with E-state index in [9.17, 15) is 9.59 Å². The number of benzene rings is 2. The Morgan fingerprint density at radius 2 is 1.68 bits per heavy atom. The van der Waals surface area contributed by atoms with Gasteiger partial charge >= 0.3 is 0 Å². The molecule has 0 bridgehead atoms. The molecule has 0 saturated carbocycles. The van der Waals surface area contributed by atoms with Crippen molar-refractivity contribution in [1.29, 1.82) is 0 Å². The Bertz CT molecular complexity index is 1160. The number of hydrogen-bond acceptors (Lipinski definition) is 6. The van der Waals surface area contributed by atoms with E-state index in [1.54, 1.807) is 43.6 Å². The largest absolute Gasteiger partial charge is 0.493 e. The molecule has 0 N–H and O–H groups in total. The Balaban J connectivity index is 1.73. The molecule has 0 aliphatic carbocycles. The van der Waals surface area contributed by atoms with Crippen LogP contribution in [0.25, 0.3) is 6.08 Å². The van der Waals surface area contributed by atoms with Gasteiger partial charge in [0.05, 0.1) is 20.8 Å². The average Bonchev–Trinajstić information content (AvgIpc) is 3.47. The molecular weight excluding hydrogens is 500 g/mol. The smallest absolute Gasteiger partial charge is 0.247 e. The minimum atomic E-state index is -0.200. The normalized spacial score (nSPS) is 10.9. The Labute approximate surface area is 229 Å². The fourth-order valence-corrected chi connectivity index (χ4v) is 4.67. The van der Waals surface area contributed by atoms with Crippen LogP contribution in [0.3, 0.4) is 0 Å². The van der Waals surface area contributed by atoms with Crippen molar-refractivity contribution in [1.82, 2.24) is 9.80 Å². The van der Waals surface area contributed by atoms with E-state index in [-0.39, 0.29) is 18.4 Å². The summed E-state index contributed by atoms with van der Waals surface area (Å²) in [5.74, 6) is 1.02.